The van der Waals surface area contributed by atoms with Crippen LogP contribution in [0.3, 0.4) is 0 Å². The van der Waals surface area contributed by atoms with Crippen molar-refractivity contribution in [2.75, 3.05) is 12.4 Å². The van der Waals surface area contributed by atoms with Gasteiger partial charge in [0.2, 0.25) is 0 Å². The van der Waals surface area contributed by atoms with Gasteiger partial charge in [0.15, 0.2) is 5.76 Å². The third kappa shape index (κ3) is 5.60. The third-order valence-corrected chi connectivity index (χ3v) is 5.16. The lowest BCUT2D eigenvalue weighted by Crippen LogP contribution is -2.26. The molecule has 0 aliphatic carbocycles. The van der Waals surface area contributed by atoms with Crippen molar-refractivity contribution in [2.24, 2.45) is 14.1 Å². The quantitative estimate of drug-likeness (QED) is 0.339. The highest BCUT2D eigenvalue weighted by Crippen LogP contribution is 2.19. The molecule has 3 aromatic heterocycles. The van der Waals surface area contributed by atoms with Gasteiger partial charge in [-0.25, -0.2) is 4.79 Å². The number of carbonyl (C=O) groups is 3. The Morgan fingerprint density at radius 1 is 1.00 bits per heavy atom. The van der Waals surface area contributed by atoms with Crippen molar-refractivity contribution < 1.29 is 28.3 Å². The van der Waals surface area contributed by atoms with E-state index in [-0.39, 0.29) is 30.3 Å². The minimum absolute atomic E-state index is 0.0419. The van der Waals surface area contributed by atoms with Crippen LogP contribution in [-0.4, -0.2) is 44.5 Å². The number of hydrogen-bond donors (Lipinski definition) is 2. The molecular formula is C24H24N6O6. The van der Waals surface area contributed by atoms with Crippen molar-refractivity contribution in [3.8, 4) is 5.75 Å². The van der Waals surface area contributed by atoms with Crippen molar-refractivity contribution in [3.05, 3.63) is 83.3 Å². The van der Waals surface area contributed by atoms with E-state index in [9.17, 15) is 14.4 Å². The van der Waals surface area contributed by atoms with Crippen LogP contribution < -0.4 is 15.4 Å². The van der Waals surface area contributed by atoms with E-state index in [0.29, 0.717) is 17.1 Å². The normalized spacial score (nSPS) is 10.6. The molecule has 0 radical (unpaired) electrons. The number of ether oxygens (including phenoxy) is 2. The molecule has 12 nitrogen and oxygen atoms in total. The summed E-state index contributed by atoms with van der Waals surface area (Å²) >= 11 is 0. The Bertz CT molecular complexity index is 1380. The number of rotatable bonds is 9. The van der Waals surface area contributed by atoms with Crippen molar-refractivity contribution in [1.29, 1.82) is 0 Å². The Morgan fingerprint density at radius 3 is 2.47 bits per heavy atom. The highest BCUT2D eigenvalue weighted by molar-refractivity contribution is 6.07. The maximum atomic E-state index is 12.7. The topological polar surface area (TPSA) is 143 Å². The van der Waals surface area contributed by atoms with Gasteiger partial charge in [0.25, 0.3) is 11.8 Å². The number of carbonyl (C=O) groups excluding carboxylic acids is 3. The summed E-state index contributed by atoms with van der Waals surface area (Å²) in [6, 6.07) is 9.55. The average molecular weight is 492 g/mol. The molecule has 4 rings (SSSR count). The van der Waals surface area contributed by atoms with Crippen molar-refractivity contribution in [3.63, 3.8) is 0 Å². The summed E-state index contributed by atoms with van der Waals surface area (Å²) < 4.78 is 18.9. The minimum Gasteiger partial charge on any atom is -0.486 e. The largest absolute Gasteiger partial charge is 0.486 e. The zero-order valence-corrected chi connectivity index (χ0v) is 19.8. The Labute approximate surface area is 205 Å². The first-order valence-corrected chi connectivity index (χ1v) is 10.8. The molecule has 12 heteroatoms. The molecule has 2 N–H and O–H groups in total. The van der Waals surface area contributed by atoms with Crippen molar-refractivity contribution in [1.82, 2.24) is 24.9 Å². The number of amides is 2. The van der Waals surface area contributed by atoms with Gasteiger partial charge in [-0.15, -0.1) is 0 Å². The van der Waals surface area contributed by atoms with Gasteiger partial charge in [0.1, 0.15) is 23.8 Å². The fourth-order valence-corrected chi connectivity index (χ4v) is 3.35. The van der Waals surface area contributed by atoms with Gasteiger partial charge in [-0.2, -0.15) is 10.2 Å². The average Bonchev–Trinajstić information content (AvgIpc) is 3.61. The molecule has 3 heterocycles. The number of nitrogens with one attached hydrogen (secondary N) is 2. The van der Waals surface area contributed by atoms with E-state index < -0.39 is 17.8 Å². The number of esters is 1. The fourth-order valence-electron chi connectivity index (χ4n) is 3.35. The van der Waals surface area contributed by atoms with Crippen LogP contribution in [0.1, 0.15) is 42.7 Å². The smallest absolute Gasteiger partial charge is 0.337 e. The molecule has 0 saturated heterocycles. The molecule has 0 unspecified atom stereocenters. The van der Waals surface area contributed by atoms with Crippen LogP contribution in [0.4, 0.5) is 5.69 Å². The van der Waals surface area contributed by atoms with Gasteiger partial charge in [-0.3, -0.25) is 19.0 Å². The van der Waals surface area contributed by atoms with E-state index in [1.165, 1.54) is 24.1 Å². The lowest BCUT2D eigenvalue weighted by molar-refractivity contribution is 0.0600. The van der Waals surface area contributed by atoms with Gasteiger partial charge in [0.05, 0.1) is 30.8 Å². The molecule has 4 aromatic rings. The SMILES string of the molecule is COC(=O)c1ccc(OCc2ccc(C(=O)Nc3cnn(C)c3C(=O)NCc3cnn(C)c3)o2)cc1. The fraction of sp³-hybridized carbons (Fsp3) is 0.208. The molecule has 0 bridgehead atoms. The highest BCUT2D eigenvalue weighted by Gasteiger charge is 2.21. The van der Waals surface area contributed by atoms with Gasteiger partial charge >= 0.3 is 5.97 Å². The van der Waals surface area contributed by atoms with E-state index in [4.69, 9.17) is 9.15 Å². The summed E-state index contributed by atoms with van der Waals surface area (Å²) in [7, 11) is 4.70. The van der Waals surface area contributed by atoms with E-state index in [1.54, 1.807) is 61.5 Å². The van der Waals surface area contributed by atoms with Crippen LogP contribution in [-0.2, 0) is 32.0 Å². The second kappa shape index (κ2) is 10.6. The zero-order valence-electron chi connectivity index (χ0n) is 19.8. The summed E-state index contributed by atoms with van der Waals surface area (Å²) in [4.78, 5) is 37.0. The standard InChI is InChI=1S/C24H24N6O6/c1-29-13-15(11-26-29)10-25-23(32)21-19(12-27-30(21)2)28-22(31)20-9-8-18(36-20)14-35-17-6-4-16(5-7-17)24(33)34-3/h4-9,11-13H,10,14H2,1-3H3,(H,25,32)(H,28,31). The first-order chi connectivity index (χ1) is 17.3. The van der Waals surface area contributed by atoms with Crippen molar-refractivity contribution >= 4 is 23.5 Å². The summed E-state index contributed by atoms with van der Waals surface area (Å²) in [6.45, 7) is 0.345. The molecule has 0 fully saturated rings. The van der Waals surface area contributed by atoms with Crippen LogP contribution in [0.15, 0.2) is 59.4 Å². The first kappa shape index (κ1) is 24.3. The Kier molecular flexibility index (Phi) is 7.14. The number of methoxy groups -OCH3 is 1. The summed E-state index contributed by atoms with van der Waals surface area (Å²) in [5, 5.41) is 13.6. The number of hydrogen-bond acceptors (Lipinski definition) is 8. The number of nitrogens with zero attached hydrogens (tertiary/aromatic N) is 4. The van der Waals surface area contributed by atoms with Crippen LogP contribution in [0.25, 0.3) is 0 Å². The minimum atomic E-state index is -0.544. The van der Waals surface area contributed by atoms with Gasteiger partial charge < -0.3 is 24.5 Å². The van der Waals surface area contributed by atoms with E-state index in [2.05, 4.69) is 25.6 Å². The molecule has 0 saturated carbocycles. The third-order valence-electron chi connectivity index (χ3n) is 5.16. The van der Waals surface area contributed by atoms with Gasteiger partial charge in [-0.1, -0.05) is 0 Å². The van der Waals surface area contributed by atoms with Gasteiger partial charge in [0, 0.05) is 32.4 Å². The predicted molar refractivity (Wildman–Crippen MR) is 126 cm³/mol. The van der Waals surface area contributed by atoms with E-state index in [1.807, 2.05) is 0 Å². The predicted octanol–water partition coefficient (Wildman–Crippen LogP) is 2.29. The number of aromatic nitrogens is 4. The molecule has 186 valence electrons. The van der Waals surface area contributed by atoms with Crippen LogP contribution in [0.5, 0.6) is 5.75 Å². The molecule has 36 heavy (non-hydrogen) atoms. The van der Waals surface area contributed by atoms with Crippen LogP contribution in [0.2, 0.25) is 0 Å². The summed E-state index contributed by atoms with van der Waals surface area (Å²) in [6.07, 6.45) is 4.84. The van der Waals surface area contributed by atoms with E-state index in [0.717, 1.165) is 5.56 Å². The number of anilines is 1. The highest BCUT2D eigenvalue weighted by atomic mass is 16.5. The molecule has 1 aromatic carbocycles. The number of benzene rings is 1. The molecular weight excluding hydrogens is 468 g/mol. The molecule has 0 aliphatic heterocycles. The Balaban J connectivity index is 1.35. The summed E-state index contributed by atoms with van der Waals surface area (Å²) in [5.74, 6) is -0.412. The maximum Gasteiger partial charge on any atom is 0.337 e. The van der Waals surface area contributed by atoms with Crippen LogP contribution in [0, 0.1) is 0 Å². The lowest BCUT2D eigenvalue weighted by atomic mass is 10.2. The lowest BCUT2D eigenvalue weighted by Gasteiger charge is -2.08. The summed E-state index contributed by atoms with van der Waals surface area (Å²) in [5.41, 5.74) is 1.68. The van der Waals surface area contributed by atoms with Crippen LogP contribution >= 0.6 is 0 Å². The maximum absolute atomic E-state index is 12.7. The molecule has 0 atom stereocenters. The second-order valence-electron chi connectivity index (χ2n) is 7.76. The van der Waals surface area contributed by atoms with Gasteiger partial charge in [-0.05, 0) is 36.4 Å². The Hall–Kier alpha value is -4.87. The van der Waals surface area contributed by atoms with Crippen molar-refractivity contribution in [2.45, 2.75) is 13.2 Å². The Morgan fingerprint density at radius 2 is 1.78 bits per heavy atom. The number of furan rings is 1. The zero-order chi connectivity index (χ0) is 25.7. The molecule has 2 amide bonds. The second-order valence-corrected chi connectivity index (χ2v) is 7.76. The monoisotopic (exact) mass is 492 g/mol. The first-order valence-electron chi connectivity index (χ1n) is 10.8. The molecule has 0 spiro atoms. The number of aryl methyl sites for hydroxylation is 2. The van der Waals surface area contributed by atoms with E-state index >= 15 is 0 Å². The molecule has 0 aliphatic rings.